The van der Waals surface area contributed by atoms with Gasteiger partial charge in [-0.05, 0) is 11.5 Å². The molecule has 0 radical (unpaired) electrons. The summed E-state index contributed by atoms with van der Waals surface area (Å²) in [5, 5.41) is 3.96. The van der Waals surface area contributed by atoms with Gasteiger partial charge in [-0.15, -0.1) is 0 Å². The first kappa shape index (κ1) is 17.7. The lowest BCUT2D eigenvalue weighted by atomic mass is 10.0. The van der Waals surface area contributed by atoms with Gasteiger partial charge < -0.3 is 10.6 Å². The molecule has 0 saturated carbocycles. The van der Waals surface area contributed by atoms with Crippen LogP contribution < -0.4 is 10.6 Å². The Balaban J connectivity index is 2.06. The van der Waals surface area contributed by atoms with Gasteiger partial charge in [0.05, 0.1) is 0 Å². The highest BCUT2D eigenvalue weighted by atomic mass is 19.2. The zero-order chi connectivity index (χ0) is 17.9. The van der Waals surface area contributed by atoms with Crippen molar-refractivity contribution in [2.24, 2.45) is 0 Å². The van der Waals surface area contributed by atoms with E-state index in [-0.39, 0.29) is 12.5 Å². The SMILES string of the molecule is C[C@H](CNC(=O)Nc1c(F)c(F)c(F)c(F)c1F)c1ccccc1. The highest BCUT2D eigenvalue weighted by Gasteiger charge is 2.26. The van der Waals surface area contributed by atoms with Gasteiger partial charge in [-0.2, -0.15) is 0 Å². The summed E-state index contributed by atoms with van der Waals surface area (Å²) < 4.78 is 66.0. The monoisotopic (exact) mass is 344 g/mol. The Kier molecular flexibility index (Phi) is 5.38. The van der Waals surface area contributed by atoms with Gasteiger partial charge in [-0.25, -0.2) is 26.7 Å². The predicted octanol–water partition coefficient (Wildman–Crippen LogP) is 4.31. The van der Waals surface area contributed by atoms with Crippen LogP contribution in [0, 0.1) is 29.1 Å². The van der Waals surface area contributed by atoms with Gasteiger partial charge >= 0.3 is 6.03 Å². The fourth-order valence-electron chi connectivity index (χ4n) is 2.02. The second-order valence-electron chi connectivity index (χ2n) is 5.09. The number of amides is 2. The Morgan fingerprint density at radius 3 is 1.96 bits per heavy atom. The summed E-state index contributed by atoms with van der Waals surface area (Å²) in [6.45, 7) is 1.90. The van der Waals surface area contributed by atoms with Crippen LogP contribution in [0.15, 0.2) is 30.3 Å². The molecule has 2 aromatic rings. The number of carbonyl (C=O) groups excluding carboxylic acids is 1. The van der Waals surface area contributed by atoms with Crippen LogP contribution in [0.25, 0.3) is 0 Å². The van der Waals surface area contributed by atoms with Crippen LogP contribution in [-0.2, 0) is 0 Å². The number of carbonyl (C=O) groups is 1. The molecule has 24 heavy (non-hydrogen) atoms. The van der Waals surface area contributed by atoms with Crippen molar-refractivity contribution in [3.05, 3.63) is 65.0 Å². The first-order chi connectivity index (χ1) is 11.3. The number of anilines is 1. The number of hydrogen-bond acceptors (Lipinski definition) is 1. The van der Waals surface area contributed by atoms with Crippen molar-refractivity contribution in [2.75, 3.05) is 11.9 Å². The molecule has 0 unspecified atom stereocenters. The van der Waals surface area contributed by atoms with E-state index in [1.807, 2.05) is 18.2 Å². The Morgan fingerprint density at radius 2 is 1.42 bits per heavy atom. The summed E-state index contributed by atoms with van der Waals surface area (Å²) in [4.78, 5) is 11.7. The van der Waals surface area contributed by atoms with Crippen LogP contribution >= 0.6 is 0 Å². The molecule has 0 aliphatic rings. The molecule has 1 atom stereocenters. The van der Waals surface area contributed by atoms with Crippen molar-refractivity contribution in [1.82, 2.24) is 5.32 Å². The van der Waals surface area contributed by atoms with Gasteiger partial charge in [0.25, 0.3) is 0 Å². The number of hydrogen-bond donors (Lipinski definition) is 2. The van der Waals surface area contributed by atoms with E-state index in [9.17, 15) is 26.7 Å². The lowest BCUT2D eigenvalue weighted by molar-refractivity contribution is 0.251. The third kappa shape index (κ3) is 3.64. The Bertz CT molecular complexity index is 723. The Labute approximate surface area is 134 Å². The van der Waals surface area contributed by atoms with Crippen LogP contribution in [0.1, 0.15) is 18.4 Å². The molecular formula is C16H13F5N2O. The molecular weight excluding hydrogens is 331 g/mol. The van der Waals surface area contributed by atoms with Crippen molar-refractivity contribution in [3.63, 3.8) is 0 Å². The molecule has 2 N–H and O–H groups in total. The maximum absolute atomic E-state index is 13.5. The lowest BCUT2D eigenvalue weighted by Crippen LogP contribution is -2.32. The van der Waals surface area contributed by atoms with Crippen molar-refractivity contribution in [3.8, 4) is 0 Å². The van der Waals surface area contributed by atoms with E-state index in [2.05, 4.69) is 5.32 Å². The smallest absolute Gasteiger partial charge is 0.319 e. The highest BCUT2D eigenvalue weighted by Crippen LogP contribution is 2.27. The van der Waals surface area contributed by atoms with Crippen LogP contribution in [-0.4, -0.2) is 12.6 Å². The molecule has 0 spiro atoms. The maximum Gasteiger partial charge on any atom is 0.319 e. The maximum atomic E-state index is 13.5. The zero-order valence-corrected chi connectivity index (χ0v) is 12.5. The summed E-state index contributed by atoms with van der Waals surface area (Å²) in [5.41, 5.74) is -0.481. The standard InChI is InChI=1S/C16H13F5N2O/c1-8(9-5-3-2-4-6-9)7-22-16(24)23-15-13(20)11(18)10(17)12(19)14(15)21/h2-6,8H,7H2,1H3,(H2,22,23,24)/t8-/m1/s1. The average Bonchev–Trinajstić information content (AvgIpc) is 2.60. The van der Waals surface area contributed by atoms with E-state index in [0.29, 0.717) is 0 Å². The number of benzene rings is 2. The van der Waals surface area contributed by atoms with Gasteiger partial charge in [0, 0.05) is 6.54 Å². The van der Waals surface area contributed by atoms with E-state index in [1.165, 1.54) is 0 Å². The van der Waals surface area contributed by atoms with Crippen molar-refractivity contribution >= 4 is 11.7 Å². The van der Waals surface area contributed by atoms with Gasteiger partial charge in [0.15, 0.2) is 23.3 Å². The van der Waals surface area contributed by atoms with Crippen LogP contribution in [0.4, 0.5) is 32.4 Å². The van der Waals surface area contributed by atoms with E-state index < -0.39 is 40.8 Å². The number of halogens is 5. The summed E-state index contributed by atoms with van der Waals surface area (Å²) in [5.74, 6) is -10.8. The van der Waals surface area contributed by atoms with Crippen LogP contribution in [0.2, 0.25) is 0 Å². The molecule has 0 aliphatic heterocycles. The molecule has 2 rings (SSSR count). The molecule has 0 aromatic heterocycles. The normalized spacial score (nSPS) is 11.9. The highest BCUT2D eigenvalue weighted by molar-refractivity contribution is 5.89. The minimum Gasteiger partial charge on any atom is -0.337 e. The predicted molar refractivity (Wildman–Crippen MR) is 78.1 cm³/mol. The molecule has 0 bridgehead atoms. The minimum atomic E-state index is -2.28. The van der Waals surface area contributed by atoms with E-state index in [1.54, 1.807) is 24.4 Å². The van der Waals surface area contributed by atoms with Gasteiger partial charge in [0.2, 0.25) is 5.82 Å². The molecule has 2 aromatic carbocycles. The average molecular weight is 344 g/mol. The molecule has 8 heteroatoms. The summed E-state index contributed by atoms with van der Waals surface area (Å²) in [6.07, 6.45) is 0. The summed E-state index contributed by atoms with van der Waals surface area (Å²) in [7, 11) is 0. The Hall–Kier alpha value is -2.64. The molecule has 0 saturated heterocycles. The van der Waals surface area contributed by atoms with Crippen molar-refractivity contribution in [2.45, 2.75) is 12.8 Å². The minimum absolute atomic E-state index is 0.102. The fourth-order valence-corrected chi connectivity index (χ4v) is 2.02. The largest absolute Gasteiger partial charge is 0.337 e. The number of rotatable bonds is 4. The molecule has 0 aliphatic carbocycles. The molecule has 3 nitrogen and oxygen atoms in total. The van der Waals surface area contributed by atoms with E-state index in [0.717, 1.165) is 5.56 Å². The first-order valence-electron chi connectivity index (χ1n) is 6.94. The topological polar surface area (TPSA) is 41.1 Å². The van der Waals surface area contributed by atoms with Gasteiger partial charge in [-0.1, -0.05) is 37.3 Å². The van der Waals surface area contributed by atoms with Crippen molar-refractivity contribution < 1.29 is 26.7 Å². The molecule has 128 valence electrons. The van der Waals surface area contributed by atoms with E-state index in [4.69, 9.17) is 0 Å². The van der Waals surface area contributed by atoms with E-state index >= 15 is 0 Å². The second kappa shape index (κ2) is 7.29. The number of nitrogens with one attached hydrogen (secondary N) is 2. The fraction of sp³-hybridized carbons (Fsp3) is 0.188. The Morgan fingerprint density at radius 1 is 0.917 bits per heavy atom. The third-order valence-electron chi connectivity index (χ3n) is 3.39. The quantitative estimate of drug-likeness (QED) is 0.484. The van der Waals surface area contributed by atoms with Gasteiger partial charge in [0.1, 0.15) is 5.69 Å². The first-order valence-corrected chi connectivity index (χ1v) is 6.94. The molecule has 0 heterocycles. The van der Waals surface area contributed by atoms with Crippen LogP contribution in [0.5, 0.6) is 0 Å². The lowest BCUT2D eigenvalue weighted by Gasteiger charge is -2.14. The van der Waals surface area contributed by atoms with Crippen LogP contribution in [0.3, 0.4) is 0 Å². The molecule has 0 fully saturated rings. The molecule has 2 amide bonds. The zero-order valence-electron chi connectivity index (χ0n) is 12.5. The van der Waals surface area contributed by atoms with Gasteiger partial charge in [-0.3, -0.25) is 0 Å². The third-order valence-corrected chi connectivity index (χ3v) is 3.39. The number of urea groups is 1. The summed E-state index contributed by atoms with van der Waals surface area (Å²) >= 11 is 0. The second-order valence-corrected chi connectivity index (χ2v) is 5.09. The van der Waals surface area contributed by atoms with Crippen molar-refractivity contribution in [1.29, 1.82) is 0 Å². The summed E-state index contributed by atoms with van der Waals surface area (Å²) in [6, 6.07) is 8.00.